The third kappa shape index (κ3) is 45.7. The predicted octanol–water partition coefficient (Wildman–Crippen LogP) is 16.2. The molecule has 12 heteroatoms. The second-order valence-corrected chi connectivity index (χ2v) is 19.5. The Hall–Kier alpha value is -6.44. The largest absolute Gasteiger partial charge is 0.479 e. The van der Waals surface area contributed by atoms with Gasteiger partial charge in [0.2, 0.25) is 0 Å². The number of carbonyl (C=O) groups is 4. The number of aliphatic hydroxyl groups is 2. The average Bonchev–Trinajstić information content (AvgIpc) is 3.55. The number of carboxylic acid groups (broad SMARTS) is 1. The lowest BCUT2D eigenvalue weighted by Crippen LogP contribution is -2.61. The van der Waals surface area contributed by atoms with Crippen LogP contribution in [0.2, 0.25) is 0 Å². The van der Waals surface area contributed by atoms with Gasteiger partial charge in [-0.05, 0) is 135 Å². The molecule has 0 aliphatic carbocycles. The Morgan fingerprint density at radius 1 is 0.398 bits per heavy atom. The number of ether oxygens (including phenoxy) is 5. The van der Waals surface area contributed by atoms with Crippen LogP contribution in [0.25, 0.3) is 0 Å². The van der Waals surface area contributed by atoms with E-state index in [-0.39, 0.29) is 19.3 Å². The summed E-state index contributed by atoms with van der Waals surface area (Å²) in [5, 5.41) is 31.5. The Kier molecular flexibility index (Phi) is 50.4. The SMILES string of the molecule is CC/C=C\C/C=C\C/C=C\C/C=C\C/C=C\C/C=C\CCC(=O)OC1C(OCC(COC(=O)CCC/C=C\C/C=C\C/C=C\C/C=C\C/C=C\CC)OC(=O)CCC/C=C\C/C=C\C/C=C\C/C=C\C/C=C\CC)OC(C(=O)O)C(O)C1O. The smallest absolute Gasteiger partial charge is 0.335 e. The number of allylic oxidation sites excluding steroid dienone is 32. The predicted molar refractivity (Wildman–Crippen MR) is 339 cm³/mol. The summed E-state index contributed by atoms with van der Waals surface area (Å²) < 4.78 is 28.2. The van der Waals surface area contributed by atoms with Crippen molar-refractivity contribution >= 4 is 23.9 Å². The molecule has 6 unspecified atom stereocenters. The lowest BCUT2D eigenvalue weighted by molar-refractivity contribution is -0.301. The number of hydrogen-bond donors (Lipinski definition) is 3. The van der Waals surface area contributed by atoms with Crippen LogP contribution in [0.15, 0.2) is 194 Å². The van der Waals surface area contributed by atoms with Crippen molar-refractivity contribution in [2.45, 2.75) is 212 Å². The van der Waals surface area contributed by atoms with Gasteiger partial charge in [0, 0.05) is 19.3 Å². The zero-order chi connectivity index (χ0) is 60.3. The minimum Gasteiger partial charge on any atom is -0.479 e. The number of rotatable bonds is 48. The van der Waals surface area contributed by atoms with Crippen LogP contribution >= 0.6 is 0 Å². The van der Waals surface area contributed by atoms with Gasteiger partial charge in [0.25, 0.3) is 0 Å². The van der Waals surface area contributed by atoms with Crippen LogP contribution in [0, 0.1) is 0 Å². The van der Waals surface area contributed by atoms with E-state index in [9.17, 15) is 34.5 Å². The number of unbranched alkanes of at least 4 members (excludes halogenated alkanes) is 2. The molecule has 3 N–H and O–H groups in total. The third-order valence-corrected chi connectivity index (χ3v) is 12.2. The number of aliphatic carboxylic acids is 1. The lowest BCUT2D eigenvalue weighted by atomic mass is 9.98. The molecule has 1 fully saturated rings. The van der Waals surface area contributed by atoms with Gasteiger partial charge in [-0.3, -0.25) is 14.4 Å². The number of carboxylic acids is 1. The van der Waals surface area contributed by atoms with Gasteiger partial charge in [-0.1, -0.05) is 215 Å². The van der Waals surface area contributed by atoms with Crippen molar-refractivity contribution in [3.8, 4) is 0 Å². The molecule has 0 spiro atoms. The highest BCUT2D eigenvalue weighted by molar-refractivity contribution is 5.74. The van der Waals surface area contributed by atoms with Crippen LogP contribution in [0.5, 0.6) is 0 Å². The lowest BCUT2D eigenvalue weighted by Gasteiger charge is -2.40. The van der Waals surface area contributed by atoms with Crippen molar-refractivity contribution in [3.05, 3.63) is 194 Å². The fourth-order valence-electron chi connectivity index (χ4n) is 7.64. The fraction of sp³-hybridized carbons (Fsp3) is 0.493. The average molecular weight is 1150 g/mol. The summed E-state index contributed by atoms with van der Waals surface area (Å²) in [6, 6.07) is 0. The maximum absolute atomic E-state index is 13.2. The van der Waals surface area contributed by atoms with E-state index in [1.54, 1.807) is 0 Å². The molecular formula is C71H102O12. The van der Waals surface area contributed by atoms with Gasteiger partial charge in [-0.15, -0.1) is 0 Å². The molecular weight excluding hydrogens is 1040 g/mol. The van der Waals surface area contributed by atoms with Crippen LogP contribution in [-0.4, -0.2) is 89.2 Å². The van der Waals surface area contributed by atoms with E-state index in [1.807, 2.05) is 42.5 Å². The standard InChI is InChI=1S/C71H102O12/c1-4-7-10-13-16-19-22-25-28-31-32-35-38-41-44-47-50-53-56-59-65(74)82-69-67(76)66(75)68(70(77)78)83-71(69)80-61-62(81-64(73)58-55-52-49-46-43-40-37-34-30-27-24-21-18-15-12-9-6-3)60-79-63(72)57-54-51-48-45-42-39-36-33-29-26-23-20-17-14-11-8-5-2/h7-12,16-21,25-30,32,35-37,39-41,44-46,48-50,53,62,66-69,71,75-76H,4-6,13-15,22-24,31,33-34,38,42-43,47,51-52,54-61H2,1-3H3,(H,77,78)/b10-7-,11-8-,12-9-,19-16-,20-17-,21-18-,28-25-,29-26-,30-27-,35-32-,39-36-,40-37-,44-41-,48-45-,49-46-,53-50-. The van der Waals surface area contributed by atoms with Crippen molar-refractivity contribution in [2.75, 3.05) is 13.2 Å². The molecule has 6 atom stereocenters. The Morgan fingerprint density at radius 3 is 1.07 bits per heavy atom. The topological polar surface area (TPSA) is 175 Å². The second-order valence-electron chi connectivity index (χ2n) is 19.5. The van der Waals surface area contributed by atoms with Gasteiger partial charge >= 0.3 is 23.9 Å². The maximum atomic E-state index is 13.2. The van der Waals surface area contributed by atoms with Gasteiger partial charge < -0.3 is 39.0 Å². The Morgan fingerprint density at radius 2 is 0.723 bits per heavy atom. The van der Waals surface area contributed by atoms with Crippen LogP contribution < -0.4 is 0 Å². The van der Waals surface area contributed by atoms with Crippen molar-refractivity contribution in [1.29, 1.82) is 0 Å². The third-order valence-electron chi connectivity index (χ3n) is 12.2. The monoisotopic (exact) mass is 1150 g/mol. The number of hydrogen-bond acceptors (Lipinski definition) is 11. The van der Waals surface area contributed by atoms with Gasteiger partial charge in [0.15, 0.2) is 24.6 Å². The van der Waals surface area contributed by atoms with E-state index < -0.39 is 73.9 Å². The molecule has 0 saturated carbocycles. The van der Waals surface area contributed by atoms with Gasteiger partial charge in [0.1, 0.15) is 18.8 Å². The molecule has 12 nitrogen and oxygen atoms in total. The summed E-state index contributed by atoms with van der Waals surface area (Å²) in [6.45, 7) is 5.50. The van der Waals surface area contributed by atoms with E-state index in [2.05, 4.69) is 173 Å². The van der Waals surface area contributed by atoms with Crippen LogP contribution in [0.4, 0.5) is 0 Å². The van der Waals surface area contributed by atoms with Crippen molar-refractivity contribution in [1.82, 2.24) is 0 Å². The van der Waals surface area contributed by atoms with Crippen LogP contribution in [0.1, 0.15) is 175 Å². The molecule has 1 heterocycles. The Bertz CT molecular complexity index is 2190. The van der Waals surface area contributed by atoms with Gasteiger partial charge in [0.05, 0.1) is 6.61 Å². The quantitative estimate of drug-likeness (QED) is 0.0228. The summed E-state index contributed by atoms with van der Waals surface area (Å²) in [7, 11) is 0. The molecule has 0 bridgehead atoms. The van der Waals surface area contributed by atoms with Crippen molar-refractivity contribution in [2.24, 2.45) is 0 Å². The first-order chi connectivity index (χ1) is 40.6. The number of aliphatic hydroxyl groups excluding tert-OH is 2. The summed E-state index contributed by atoms with van der Waals surface area (Å²) >= 11 is 0. The molecule has 1 rings (SSSR count). The first-order valence-electron chi connectivity index (χ1n) is 30.4. The van der Waals surface area contributed by atoms with Gasteiger partial charge in [-0.2, -0.15) is 0 Å². The van der Waals surface area contributed by atoms with Gasteiger partial charge in [-0.25, -0.2) is 4.79 Å². The first kappa shape index (κ1) is 74.6. The van der Waals surface area contributed by atoms with E-state index >= 15 is 0 Å². The molecule has 0 radical (unpaired) electrons. The molecule has 0 aromatic carbocycles. The number of carbonyl (C=O) groups excluding carboxylic acids is 3. The molecule has 0 amide bonds. The summed E-state index contributed by atoms with van der Waals surface area (Å²) in [4.78, 5) is 51.2. The maximum Gasteiger partial charge on any atom is 0.335 e. The second kappa shape index (κ2) is 56.1. The molecule has 0 aromatic heterocycles. The zero-order valence-electron chi connectivity index (χ0n) is 50.3. The van der Waals surface area contributed by atoms with E-state index in [0.29, 0.717) is 38.5 Å². The Labute approximate surface area is 499 Å². The highest BCUT2D eigenvalue weighted by atomic mass is 16.7. The zero-order valence-corrected chi connectivity index (χ0v) is 50.3. The minimum atomic E-state index is -1.96. The summed E-state index contributed by atoms with van der Waals surface area (Å²) in [6.07, 6.45) is 74.2. The highest BCUT2D eigenvalue weighted by Gasteiger charge is 2.50. The fourth-order valence-corrected chi connectivity index (χ4v) is 7.64. The van der Waals surface area contributed by atoms with Crippen molar-refractivity contribution < 1.29 is 58.2 Å². The molecule has 458 valence electrons. The molecule has 1 aliphatic rings. The molecule has 83 heavy (non-hydrogen) atoms. The van der Waals surface area contributed by atoms with E-state index in [4.69, 9.17) is 23.7 Å². The first-order valence-corrected chi connectivity index (χ1v) is 30.4. The number of esters is 3. The van der Waals surface area contributed by atoms with E-state index in [1.165, 1.54) is 0 Å². The van der Waals surface area contributed by atoms with E-state index in [0.717, 1.165) is 96.3 Å². The summed E-state index contributed by atoms with van der Waals surface area (Å²) in [5.41, 5.74) is 0. The highest BCUT2D eigenvalue weighted by Crippen LogP contribution is 2.26. The van der Waals surface area contributed by atoms with Crippen LogP contribution in [-0.2, 0) is 42.9 Å². The molecule has 1 aliphatic heterocycles. The van der Waals surface area contributed by atoms with Crippen LogP contribution in [0.3, 0.4) is 0 Å². The van der Waals surface area contributed by atoms with Crippen molar-refractivity contribution in [3.63, 3.8) is 0 Å². The molecule has 1 saturated heterocycles. The molecule has 0 aromatic rings. The summed E-state index contributed by atoms with van der Waals surface area (Å²) in [5.74, 6) is -3.43. The normalized spacial score (nSPS) is 19.0. The minimum absolute atomic E-state index is 0.0505. The Balaban J connectivity index is 2.82.